The highest BCUT2D eigenvalue weighted by Gasteiger charge is 2.51. The number of nitrogens with zero attached hydrogens (tertiary/aromatic N) is 2. The van der Waals surface area contributed by atoms with E-state index in [9.17, 15) is 67.2 Å². The maximum Gasteiger partial charge on any atom is 0.355 e. The third-order valence-corrected chi connectivity index (χ3v) is 18.9. The lowest BCUT2D eigenvalue weighted by Crippen LogP contribution is -2.57. The fourth-order valence-electron chi connectivity index (χ4n) is 11.9. The maximum absolute atomic E-state index is 15.7. The molecule has 0 radical (unpaired) electrons. The molecule has 0 fully saturated rings. The van der Waals surface area contributed by atoms with Gasteiger partial charge in [0.25, 0.3) is 11.5 Å². The highest BCUT2D eigenvalue weighted by atomic mass is 32.2. The van der Waals surface area contributed by atoms with E-state index < -0.39 is 149 Å². The number of alkyl halides is 2. The van der Waals surface area contributed by atoms with Gasteiger partial charge in [0, 0.05) is 81.8 Å². The molecule has 4 heterocycles. The first kappa shape index (κ1) is 79.6. The average Bonchev–Trinajstić information content (AvgIpc) is 1.63. The number of aromatic hydroxyl groups is 1. The first-order valence-corrected chi connectivity index (χ1v) is 36.0. The van der Waals surface area contributed by atoms with E-state index in [4.69, 9.17) is 14.5 Å². The number of aliphatic hydroxyl groups is 1. The van der Waals surface area contributed by atoms with Crippen molar-refractivity contribution < 1.29 is 80.6 Å². The third kappa shape index (κ3) is 22.3. The monoisotopic (exact) mass is 1420 g/mol. The fraction of sp³-hybridized carbons (Fsp3) is 0.565. The first-order chi connectivity index (χ1) is 46.6. The van der Waals surface area contributed by atoms with Gasteiger partial charge in [0.1, 0.15) is 30.5 Å². The van der Waals surface area contributed by atoms with Crippen LogP contribution < -0.4 is 48.1 Å². The number of fused-ring (bicyclic) bond motifs is 5. The van der Waals surface area contributed by atoms with Crippen molar-refractivity contribution in [1.82, 2.24) is 52.1 Å². The molecule has 0 saturated carbocycles. The summed E-state index contributed by atoms with van der Waals surface area (Å²) in [6, 6.07) is 11.4. The Balaban J connectivity index is 0.992. The largest absolute Gasteiger partial charge is 0.508 e. The van der Waals surface area contributed by atoms with E-state index in [1.807, 2.05) is 37.3 Å². The zero-order valence-electron chi connectivity index (χ0n) is 57.8. The van der Waals surface area contributed by atoms with E-state index >= 15 is 8.78 Å². The van der Waals surface area contributed by atoms with Crippen LogP contribution in [0.3, 0.4) is 0 Å². The number of aryl methyl sites for hydroxylation is 1. The molecular formula is C69H94F2N10O16S2. The van der Waals surface area contributed by atoms with Crippen LogP contribution in [0, 0.1) is 16.7 Å². The van der Waals surface area contributed by atoms with Crippen molar-refractivity contribution in [2.24, 2.45) is 16.7 Å². The molecule has 2 aliphatic rings. The first-order valence-electron chi connectivity index (χ1n) is 33.2. The number of amides is 8. The number of phenols is 1. The summed E-state index contributed by atoms with van der Waals surface area (Å²) in [7, 11) is -1.62. The average molecular weight is 1420 g/mol. The predicted molar refractivity (Wildman–Crippen MR) is 368 cm³/mol. The minimum atomic E-state index is -3.74. The van der Waals surface area contributed by atoms with E-state index in [-0.39, 0.29) is 92.1 Å². The summed E-state index contributed by atoms with van der Waals surface area (Å²) in [6.07, 6.45) is 0.130. The Kier molecular flexibility index (Phi) is 28.6. The quantitative estimate of drug-likeness (QED) is 0.0196. The van der Waals surface area contributed by atoms with E-state index in [1.165, 1.54) is 42.5 Å². The van der Waals surface area contributed by atoms with Crippen molar-refractivity contribution in [2.75, 3.05) is 50.5 Å². The molecule has 30 heteroatoms. The molecule has 10 N–H and O–H groups in total. The Morgan fingerprint density at radius 3 is 2.10 bits per heavy atom. The number of esters is 2. The molecule has 0 aliphatic carbocycles. The van der Waals surface area contributed by atoms with Crippen LogP contribution in [-0.2, 0) is 99.1 Å². The molecule has 2 unspecified atom stereocenters. The Bertz CT molecular complexity index is 3720. The number of aromatic nitrogens is 2. The molecule has 8 amide bonds. The van der Waals surface area contributed by atoms with Crippen LogP contribution in [0.15, 0.2) is 59.4 Å². The minimum absolute atomic E-state index is 0.0332. The van der Waals surface area contributed by atoms with Crippen molar-refractivity contribution in [3.05, 3.63) is 92.8 Å². The number of carbonyl (C=O) groups excluding carboxylic acids is 10. The number of phenolic OH excluding ortho intramolecular Hbond substituents is 1. The predicted octanol–water partition coefficient (Wildman–Crippen LogP) is 4.09. The summed E-state index contributed by atoms with van der Waals surface area (Å²) in [4.78, 5) is 153. The molecule has 99 heavy (non-hydrogen) atoms. The number of unbranched alkanes of at least 4 members (excludes halogenated alkanes) is 2. The van der Waals surface area contributed by atoms with Gasteiger partial charge in [-0.15, -0.1) is 0 Å². The van der Waals surface area contributed by atoms with Gasteiger partial charge in [-0.25, -0.2) is 18.6 Å². The molecule has 2 aliphatic heterocycles. The summed E-state index contributed by atoms with van der Waals surface area (Å²) in [5.74, 6) is -11.5. The van der Waals surface area contributed by atoms with Gasteiger partial charge < -0.3 is 66.8 Å². The number of benzene rings is 2. The van der Waals surface area contributed by atoms with Gasteiger partial charge in [0.15, 0.2) is 0 Å². The van der Waals surface area contributed by atoms with E-state index in [0.29, 0.717) is 53.7 Å². The number of hydrogen-bond acceptors (Lipinski definition) is 18. The molecule has 2 aromatic heterocycles. The number of pyridine rings is 2. The number of aliphatic hydroxyl groups excluding tert-OH is 1. The third-order valence-electron chi connectivity index (χ3n) is 17.0. The van der Waals surface area contributed by atoms with Crippen molar-refractivity contribution in [2.45, 2.75) is 181 Å². The number of rotatable bonds is 38. The molecule has 6 atom stereocenters. The van der Waals surface area contributed by atoms with Gasteiger partial charge >= 0.3 is 11.9 Å². The number of carbonyl (C=O) groups is 10. The molecule has 6 rings (SSSR count). The topological polar surface area (TPSA) is 378 Å². The van der Waals surface area contributed by atoms with Crippen LogP contribution in [0.25, 0.3) is 22.3 Å². The lowest BCUT2D eigenvalue weighted by molar-refractivity contribution is -0.190. The van der Waals surface area contributed by atoms with Crippen LogP contribution in [0.1, 0.15) is 148 Å². The van der Waals surface area contributed by atoms with Crippen LogP contribution >= 0.6 is 11.8 Å². The molecule has 542 valence electrons. The van der Waals surface area contributed by atoms with Crippen LogP contribution in [0.4, 0.5) is 8.78 Å². The van der Waals surface area contributed by atoms with Crippen molar-refractivity contribution in [1.29, 1.82) is 0 Å². The Labute approximate surface area is 581 Å². The lowest BCUT2D eigenvalue weighted by Gasteiger charge is -2.35. The van der Waals surface area contributed by atoms with E-state index in [2.05, 4.69) is 42.5 Å². The molecular weight excluding hydrogens is 1330 g/mol. The zero-order chi connectivity index (χ0) is 73.2. The number of hydrogen-bond donors (Lipinski definition) is 10. The minimum Gasteiger partial charge on any atom is -0.508 e. The van der Waals surface area contributed by atoms with E-state index in [0.717, 1.165) is 16.7 Å². The van der Waals surface area contributed by atoms with E-state index in [1.54, 1.807) is 59.7 Å². The number of cyclic esters (lactones) is 1. The van der Waals surface area contributed by atoms with Gasteiger partial charge in [-0.05, 0) is 86.8 Å². The second kappa shape index (κ2) is 35.6. The smallest absolute Gasteiger partial charge is 0.355 e. The second-order valence-electron chi connectivity index (χ2n) is 26.8. The second-order valence-corrected chi connectivity index (χ2v) is 29.3. The summed E-state index contributed by atoms with van der Waals surface area (Å²) in [5, 5.41) is 40.8. The lowest BCUT2D eigenvalue weighted by atomic mass is 9.74. The van der Waals surface area contributed by atoms with Gasteiger partial charge in [-0.1, -0.05) is 92.1 Å². The van der Waals surface area contributed by atoms with Gasteiger partial charge in [-0.3, -0.25) is 52.2 Å². The highest BCUT2D eigenvalue weighted by Crippen LogP contribution is 2.43. The molecule has 26 nitrogen and oxygen atoms in total. The molecule has 2 aromatic carbocycles. The van der Waals surface area contributed by atoms with Crippen molar-refractivity contribution >= 4 is 92.7 Å². The molecule has 0 bridgehead atoms. The summed E-state index contributed by atoms with van der Waals surface area (Å²) in [6.45, 7) is 12.8. The molecule has 0 spiro atoms. The number of nitrogens with one attached hydrogen (secondary N) is 8. The highest BCUT2D eigenvalue weighted by molar-refractivity contribution is 7.98. The summed E-state index contributed by atoms with van der Waals surface area (Å²) >= 11 is 1.27. The number of thioether (sulfide) groups is 1. The summed E-state index contributed by atoms with van der Waals surface area (Å²) < 4.78 is 56.6. The van der Waals surface area contributed by atoms with Crippen LogP contribution in [-0.4, -0.2) is 164 Å². The fourth-order valence-corrected chi connectivity index (χ4v) is 13.7. The standard InChI is InChI=1S/C69H94F2N10O16S2/c1-11-44-45-28-43(83)22-23-49(45)79-58-46(44)33-81-53(58)29-48-47(62(81)91)34-96-65(94)69(48,12-2)97-57(87)24-25-68(70,71)39-76-59(88)50(27-40(3)4)77-56(86)32-73-60(89)51(36-98-35-42-19-15-13-16-20-42)80-61(90)52(37-99(10)95)78-54(84)21-17-14-18-26-72-55(85)31-75-64(93)67(8,9)38-66(6,7)63(92)74-30-41(5)82/h13,15-16,19-20,22-23,28-29,40-41,50-52,82-83H,11-12,14,17-18,21,24-27,30-39H2,1-10H3,(H,72,85)(H,73,89)(H,74,92)(H,75,93)(H,76,88)(H,77,86)(H,78,84)(H,80,90)/t41?,50-,51-,52-,69-,99?/m0/s1. The van der Waals surface area contributed by atoms with Crippen molar-refractivity contribution in [3.63, 3.8) is 0 Å². The van der Waals surface area contributed by atoms with Crippen LogP contribution in [0.2, 0.25) is 0 Å². The maximum atomic E-state index is 15.7. The van der Waals surface area contributed by atoms with Gasteiger partial charge in [0.2, 0.25) is 52.9 Å². The molecule has 0 saturated heterocycles. The van der Waals surface area contributed by atoms with Crippen molar-refractivity contribution in [3.8, 4) is 17.1 Å². The normalized spacial score (nSPS) is 15.7. The van der Waals surface area contributed by atoms with Gasteiger partial charge in [-0.2, -0.15) is 11.8 Å². The zero-order valence-corrected chi connectivity index (χ0v) is 59.4. The Hall–Kier alpha value is -8.38. The Morgan fingerprint density at radius 1 is 0.778 bits per heavy atom. The SMILES string of the molecule is CCc1c2c(nc3ccc(O)cc13)-c1cc3c(c(=O)n1C2)COC(=O)[C@@]3(CC)OC(=O)CCC(F)(F)CNC(=O)[C@H](CC(C)C)NC(=O)CNC(=O)[C@H](CSCc1ccccc1)NC(=O)[C@H](CS(C)=O)NC(=O)CCCCCNC(=O)CNC(=O)C(C)(C)CC(C)(C)C(=O)NCC(C)O. The Morgan fingerprint density at radius 2 is 1.44 bits per heavy atom. The number of halogens is 2. The molecule has 4 aromatic rings. The van der Waals surface area contributed by atoms with Gasteiger partial charge in [0.05, 0.1) is 66.9 Å². The summed E-state index contributed by atoms with van der Waals surface area (Å²) in [5.41, 5.74) is -0.783. The van der Waals surface area contributed by atoms with Crippen LogP contribution in [0.5, 0.6) is 5.75 Å². The number of ether oxygens (including phenoxy) is 2.